The lowest BCUT2D eigenvalue weighted by Gasteiger charge is -2.23. The van der Waals surface area contributed by atoms with Crippen LogP contribution < -0.4 is 10.9 Å². The van der Waals surface area contributed by atoms with Crippen molar-refractivity contribution < 1.29 is 4.79 Å². The second-order valence-electron chi connectivity index (χ2n) is 6.94. The molecule has 2 aromatic heterocycles. The Hall–Kier alpha value is -2.51. The van der Waals surface area contributed by atoms with Gasteiger partial charge >= 0.3 is 0 Å². The smallest absolute Gasteiger partial charge is 0.274 e. The Morgan fingerprint density at radius 3 is 2.48 bits per heavy atom. The molecule has 0 aliphatic rings. The molecule has 6 nitrogen and oxygen atoms in total. The summed E-state index contributed by atoms with van der Waals surface area (Å²) in [4.78, 5) is 28.8. The molecule has 2 heterocycles. The number of carbonyl (C=O) groups is 1. The highest BCUT2D eigenvalue weighted by Gasteiger charge is 2.20. The van der Waals surface area contributed by atoms with E-state index < -0.39 is 0 Å². The fourth-order valence-corrected chi connectivity index (χ4v) is 3.94. The van der Waals surface area contributed by atoms with E-state index in [-0.39, 0.29) is 29.2 Å². The fraction of sp³-hybridized carbons (Fsp3) is 0.350. The van der Waals surface area contributed by atoms with Gasteiger partial charge in [-0.05, 0) is 45.5 Å². The first-order valence-electron chi connectivity index (χ1n) is 8.89. The van der Waals surface area contributed by atoms with Gasteiger partial charge in [0.05, 0.1) is 17.5 Å². The Morgan fingerprint density at radius 1 is 1.19 bits per heavy atom. The summed E-state index contributed by atoms with van der Waals surface area (Å²) in [6.45, 7) is 4.22. The summed E-state index contributed by atoms with van der Waals surface area (Å²) in [5, 5.41) is 10.5. The number of carbonyl (C=O) groups excluding carboxylic acids is 1. The van der Waals surface area contributed by atoms with Crippen LogP contribution in [-0.2, 0) is 0 Å². The zero-order chi connectivity index (χ0) is 19.6. The fourth-order valence-electron chi connectivity index (χ4n) is 3.02. The van der Waals surface area contributed by atoms with E-state index in [1.165, 1.54) is 9.56 Å². The van der Waals surface area contributed by atoms with Crippen molar-refractivity contribution in [2.75, 3.05) is 20.6 Å². The van der Waals surface area contributed by atoms with E-state index in [1.54, 1.807) is 29.5 Å². The summed E-state index contributed by atoms with van der Waals surface area (Å²) in [5.41, 5.74) is 0.101. The summed E-state index contributed by atoms with van der Waals surface area (Å²) in [5.74, 6) is -0.274. The van der Waals surface area contributed by atoms with Gasteiger partial charge in [-0.2, -0.15) is 5.10 Å². The third kappa shape index (κ3) is 3.94. The summed E-state index contributed by atoms with van der Waals surface area (Å²) >= 11 is 1.66. The SMILES string of the molecule is CC(C)n1nc(C(=O)NCC(c2cccs2)N(C)C)c2ccccc2c1=O. The number of aromatic nitrogens is 2. The first-order valence-corrected chi connectivity index (χ1v) is 9.77. The summed E-state index contributed by atoms with van der Waals surface area (Å²) in [7, 11) is 3.98. The number of nitrogens with zero attached hydrogens (tertiary/aromatic N) is 3. The van der Waals surface area contributed by atoms with Crippen molar-refractivity contribution in [2.24, 2.45) is 0 Å². The average molecular weight is 385 g/mol. The number of amides is 1. The van der Waals surface area contributed by atoms with Crippen LogP contribution in [0.3, 0.4) is 0 Å². The van der Waals surface area contributed by atoms with E-state index in [2.05, 4.69) is 21.4 Å². The minimum atomic E-state index is -0.274. The first-order chi connectivity index (χ1) is 12.9. The van der Waals surface area contributed by atoms with Gasteiger partial charge in [-0.3, -0.25) is 9.59 Å². The highest BCUT2D eigenvalue weighted by atomic mass is 32.1. The third-order valence-electron chi connectivity index (χ3n) is 4.48. The van der Waals surface area contributed by atoms with Gasteiger partial charge in [-0.15, -0.1) is 11.3 Å². The van der Waals surface area contributed by atoms with Crippen molar-refractivity contribution in [3.05, 3.63) is 62.7 Å². The number of fused-ring (bicyclic) bond motifs is 1. The predicted molar refractivity (Wildman–Crippen MR) is 109 cm³/mol. The molecule has 142 valence electrons. The lowest BCUT2D eigenvalue weighted by molar-refractivity contribution is 0.0936. The Balaban J connectivity index is 1.94. The maximum absolute atomic E-state index is 12.9. The van der Waals surface area contributed by atoms with Crippen LogP contribution in [0, 0.1) is 0 Å². The van der Waals surface area contributed by atoms with Gasteiger partial charge in [0.2, 0.25) is 0 Å². The van der Waals surface area contributed by atoms with E-state index in [4.69, 9.17) is 0 Å². The van der Waals surface area contributed by atoms with Gasteiger partial charge < -0.3 is 10.2 Å². The molecular weight excluding hydrogens is 360 g/mol. The summed E-state index contributed by atoms with van der Waals surface area (Å²) in [6, 6.07) is 11.1. The monoisotopic (exact) mass is 384 g/mol. The quantitative estimate of drug-likeness (QED) is 0.709. The van der Waals surface area contributed by atoms with Gasteiger partial charge in [-0.1, -0.05) is 24.3 Å². The molecule has 0 bridgehead atoms. The zero-order valence-corrected chi connectivity index (χ0v) is 16.8. The molecule has 1 unspecified atom stereocenters. The second-order valence-corrected chi connectivity index (χ2v) is 7.92. The van der Waals surface area contributed by atoms with Crippen molar-refractivity contribution in [2.45, 2.75) is 25.9 Å². The van der Waals surface area contributed by atoms with E-state index >= 15 is 0 Å². The molecule has 1 amide bonds. The molecule has 7 heteroatoms. The Bertz CT molecular complexity index is 993. The van der Waals surface area contributed by atoms with E-state index in [9.17, 15) is 9.59 Å². The van der Waals surface area contributed by atoms with Crippen molar-refractivity contribution in [3.63, 3.8) is 0 Å². The van der Waals surface area contributed by atoms with Gasteiger partial charge in [0, 0.05) is 16.8 Å². The van der Waals surface area contributed by atoms with Gasteiger partial charge in [0.1, 0.15) is 0 Å². The van der Waals surface area contributed by atoms with Crippen LogP contribution in [0.25, 0.3) is 10.8 Å². The predicted octanol–water partition coefficient (Wildman–Crippen LogP) is 3.07. The van der Waals surface area contributed by atoms with Crippen LogP contribution in [0.2, 0.25) is 0 Å². The molecule has 0 aliphatic carbocycles. The molecule has 0 saturated carbocycles. The van der Waals surface area contributed by atoms with Gasteiger partial charge in [0.25, 0.3) is 11.5 Å². The number of hydrogen-bond acceptors (Lipinski definition) is 5. The Morgan fingerprint density at radius 2 is 1.89 bits per heavy atom. The van der Waals surface area contributed by atoms with Gasteiger partial charge in [0.15, 0.2) is 5.69 Å². The van der Waals surface area contributed by atoms with E-state index in [0.29, 0.717) is 17.3 Å². The number of hydrogen-bond donors (Lipinski definition) is 1. The molecule has 27 heavy (non-hydrogen) atoms. The lowest BCUT2D eigenvalue weighted by atomic mass is 10.1. The van der Waals surface area contributed by atoms with Crippen LogP contribution in [-0.4, -0.2) is 41.2 Å². The van der Waals surface area contributed by atoms with Crippen LogP contribution in [0.15, 0.2) is 46.6 Å². The Labute approximate surface area is 162 Å². The van der Waals surface area contributed by atoms with Crippen molar-refractivity contribution in [1.82, 2.24) is 20.0 Å². The molecule has 0 fully saturated rings. The minimum Gasteiger partial charge on any atom is -0.349 e. The molecule has 1 N–H and O–H groups in total. The average Bonchev–Trinajstić information content (AvgIpc) is 3.16. The van der Waals surface area contributed by atoms with Crippen LogP contribution in [0.4, 0.5) is 0 Å². The molecule has 3 aromatic rings. The minimum absolute atomic E-state index is 0.0798. The molecular formula is C20H24N4O2S. The molecule has 0 spiro atoms. The van der Waals surface area contributed by atoms with E-state index in [1.807, 2.05) is 45.5 Å². The van der Waals surface area contributed by atoms with Crippen molar-refractivity contribution in [3.8, 4) is 0 Å². The molecule has 1 atom stereocenters. The first kappa shape index (κ1) is 19.3. The number of benzene rings is 1. The maximum Gasteiger partial charge on any atom is 0.274 e. The molecule has 0 aliphatic heterocycles. The molecule has 0 saturated heterocycles. The largest absolute Gasteiger partial charge is 0.349 e. The van der Waals surface area contributed by atoms with Crippen LogP contribution in [0.1, 0.15) is 41.3 Å². The number of thiophene rings is 1. The normalized spacial score (nSPS) is 12.7. The summed E-state index contributed by atoms with van der Waals surface area (Å²) in [6.07, 6.45) is 0. The van der Waals surface area contributed by atoms with Crippen molar-refractivity contribution >= 4 is 28.0 Å². The third-order valence-corrected chi connectivity index (χ3v) is 5.46. The molecule has 0 radical (unpaired) electrons. The molecule has 1 aromatic carbocycles. The van der Waals surface area contributed by atoms with Crippen molar-refractivity contribution in [1.29, 1.82) is 0 Å². The standard InChI is InChI=1S/C20H24N4O2S/c1-13(2)24-20(26)15-9-6-5-8-14(15)18(22-24)19(25)21-12-16(23(3)4)17-10-7-11-27-17/h5-11,13,16H,12H2,1-4H3,(H,21,25). The second kappa shape index (κ2) is 8.02. The Kier molecular flexibility index (Phi) is 5.72. The zero-order valence-electron chi connectivity index (χ0n) is 16.0. The number of nitrogens with one attached hydrogen (secondary N) is 1. The summed E-state index contributed by atoms with van der Waals surface area (Å²) < 4.78 is 1.37. The van der Waals surface area contributed by atoms with E-state index in [0.717, 1.165) is 0 Å². The topological polar surface area (TPSA) is 67.2 Å². The highest BCUT2D eigenvalue weighted by Crippen LogP contribution is 2.22. The number of rotatable bonds is 6. The number of likely N-dealkylation sites (N-methyl/N-ethyl adjacent to an activating group) is 1. The molecule has 3 rings (SSSR count). The van der Waals surface area contributed by atoms with Gasteiger partial charge in [-0.25, -0.2) is 4.68 Å². The van der Waals surface area contributed by atoms with Crippen LogP contribution >= 0.6 is 11.3 Å². The maximum atomic E-state index is 12.9. The van der Waals surface area contributed by atoms with Crippen LogP contribution in [0.5, 0.6) is 0 Å². The highest BCUT2D eigenvalue weighted by molar-refractivity contribution is 7.10. The lowest BCUT2D eigenvalue weighted by Crippen LogP contribution is -2.36.